The van der Waals surface area contributed by atoms with Crippen molar-refractivity contribution in [1.29, 1.82) is 0 Å². The van der Waals surface area contributed by atoms with E-state index in [-0.39, 0.29) is 0 Å². The highest BCUT2D eigenvalue weighted by Gasteiger charge is 2.29. The van der Waals surface area contributed by atoms with Gasteiger partial charge in [-0.1, -0.05) is 36.4 Å². The van der Waals surface area contributed by atoms with Crippen LogP contribution in [-0.4, -0.2) is 63.6 Å². The Labute approximate surface area is 199 Å². The van der Waals surface area contributed by atoms with E-state index in [1.165, 1.54) is 24.9 Å². The van der Waals surface area contributed by atoms with Gasteiger partial charge in [0.1, 0.15) is 0 Å². The van der Waals surface area contributed by atoms with Gasteiger partial charge in [0.25, 0.3) is 0 Å². The maximum atomic E-state index is 13.1. The van der Waals surface area contributed by atoms with E-state index in [1.54, 1.807) is 23.5 Å². The van der Waals surface area contributed by atoms with Crippen molar-refractivity contribution in [3.63, 3.8) is 0 Å². The van der Waals surface area contributed by atoms with E-state index in [2.05, 4.69) is 36.1 Å². The van der Waals surface area contributed by atoms with Gasteiger partial charge in [0.05, 0.1) is 4.90 Å². The average Bonchev–Trinajstić information content (AvgIpc) is 3.26. The van der Waals surface area contributed by atoms with Crippen LogP contribution in [0.1, 0.15) is 44.6 Å². The second-order valence-electron chi connectivity index (χ2n) is 9.63. The van der Waals surface area contributed by atoms with Gasteiger partial charge in [0.15, 0.2) is 0 Å². The Morgan fingerprint density at radius 3 is 2.12 bits per heavy atom. The van der Waals surface area contributed by atoms with E-state index in [9.17, 15) is 8.42 Å². The zero-order chi connectivity index (χ0) is 23.3. The van der Waals surface area contributed by atoms with Crippen molar-refractivity contribution in [1.82, 2.24) is 9.21 Å². The van der Waals surface area contributed by atoms with Gasteiger partial charge in [0.2, 0.25) is 10.0 Å². The molecule has 0 aromatic heterocycles. The molecule has 180 valence electrons. The van der Waals surface area contributed by atoms with Crippen molar-refractivity contribution in [3.8, 4) is 11.1 Å². The summed E-state index contributed by atoms with van der Waals surface area (Å²) in [6.07, 6.45) is 6.53. The predicted molar refractivity (Wildman–Crippen MR) is 134 cm³/mol. The normalized spacial score (nSPS) is 21.0. The van der Waals surface area contributed by atoms with Crippen molar-refractivity contribution < 1.29 is 13.2 Å². The lowest BCUT2D eigenvalue weighted by Crippen LogP contribution is -2.38. The van der Waals surface area contributed by atoms with Gasteiger partial charge in [-0.15, -0.1) is 0 Å². The Hall–Kier alpha value is -1.73. The fourth-order valence-electron chi connectivity index (χ4n) is 5.15. The molecule has 2 heterocycles. The number of methoxy groups -OCH3 is 1. The molecule has 0 spiro atoms. The van der Waals surface area contributed by atoms with Gasteiger partial charge in [-0.2, -0.15) is 4.31 Å². The van der Waals surface area contributed by atoms with Crippen LogP contribution in [0.2, 0.25) is 0 Å². The molecule has 0 N–H and O–H groups in total. The Balaban J connectivity index is 1.34. The molecule has 0 unspecified atom stereocenters. The molecule has 1 atom stereocenters. The van der Waals surface area contributed by atoms with Crippen molar-refractivity contribution in [2.45, 2.75) is 56.4 Å². The molecular formula is C27H38N2O3S. The first-order valence-corrected chi connectivity index (χ1v) is 13.8. The molecule has 33 heavy (non-hydrogen) atoms. The summed E-state index contributed by atoms with van der Waals surface area (Å²) >= 11 is 0. The third kappa shape index (κ3) is 6.04. The molecule has 2 aliphatic heterocycles. The molecule has 5 nitrogen and oxygen atoms in total. The minimum absolute atomic E-state index is 0.387. The Morgan fingerprint density at radius 1 is 0.909 bits per heavy atom. The maximum Gasteiger partial charge on any atom is 0.243 e. The van der Waals surface area contributed by atoms with Crippen molar-refractivity contribution in [2.75, 3.05) is 39.9 Å². The van der Waals surface area contributed by atoms with Crippen molar-refractivity contribution in [2.24, 2.45) is 5.92 Å². The van der Waals surface area contributed by atoms with Crippen LogP contribution in [0.25, 0.3) is 11.1 Å². The lowest BCUT2D eigenvalue weighted by atomic mass is 9.95. The molecule has 2 aliphatic rings. The van der Waals surface area contributed by atoms with Crippen LogP contribution in [-0.2, 0) is 21.2 Å². The number of rotatable bonds is 9. The van der Waals surface area contributed by atoms with Crippen LogP contribution in [0.4, 0.5) is 0 Å². The smallest absolute Gasteiger partial charge is 0.243 e. The number of benzene rings is 2. The van der Waals surface area contributed by atoms with E-state index in [0.29, 0.717) is 29.9 Å². The van der Waals surface area contributed by atoms with Crippen LogP contribution in [0.15, 0.2) is 53.4 Å². The Kier molecular flexibility index (Phi) is 8.23. The van der Waals surface area contributed by atoms with Crippen molar-refractivity contribution >= 4 is 10.0 Å². The summed E-state index contributed by atoms with van der Waals surface area (Å²) in [5.41, 5.74) is 3.52. The number of likely N-dealkylation sites (tertiary alicyclic amines) is 1. The van der Waals surface area contributed by atoms with Crippen molar-refractivity contribution in [3.05, 3.63) is 54.1 Å². The summed E-state index contributed by atoms with van der Waals surface area (Å²) in [6, 6.07) is 16.8. The fraction of sp³-hybridized carbons (Fsp3) is 0.556. The summed E-state index contributed by atoms with van der Waals surface area (Å²) in [6.45, 7) is 6.60. The third-order valence-corrected chi connectivity index (χ3v) is 9.37. The number of ether oxygens (including phenoxy) is 1. The van der Waals surface area contributed by atoms with Crippen LogP contribution in [0, 0.1) is 5.92 Å². The largest absolute Gasteiger partial charge is 0.385 e. The predicted octanol–water partition coefficient (Wildman–Crippen LogP) is 4.82. The first-order valence-electron chi connectivity index (χ1n) is 12.4. The van der Waals surface area contributed by atoms with E-state index in [0.717, 1.165) is 50.0 Å². The zero-order valence-corrected chi connectivity index (χ0v) is 20.9. The summed E-state index contributed by atoms with van der Waals surface area (Å²) in [5, 5.41) is 0. The SMILES string of the molecule is COCCC1CCN(S(=O)(=O)c2ccc(-c3ccc(CCN4CCC[C@H]4C)cc3)cc2)CC1. The molecule has 0 aliphatic carbocycles. The topological polar surface area (TPSA) is 49.9 Å². The average molecular weight is 471 g/mol. The second kappa shape index (κ2) is 11.1. The summed E-state index contributed by atoms with van der Waals surface area (Å²) in [5.74, 6) is 0.556. The molecule has 0 radical (unpaired) electrons. The highest BCUT2D eigenvalue weighted by atomic mass is 32.2. The monoisotopic (exact) mass is 470 g/mol. The first kappa shape index (κ1) is 24.4. The number of hydrogen-bond donors (Lipinski definition) is 0. The van der Waals surface area contributed by atoms with Gasteiger partial charge < -0.3 is 9.64 Å². The lowest BCUT2D eigenvalue weighted by molar-refractivity contribution is 0.158. The molecular weight excluding hydrogens is 432 g/mol. The molecule has 0 amide bonds. The molecule has 2 saturated heterocycles. The van der Waals surface area contributed by atoms with E-state index >= 15 is 0 Å². The first-order chi connectivity index (χ1) is 16.0. The number of nitrogens with zero attached hydrogens (tertiary/aromatic N) is 2. The van der Waals surface area contributed by atoms with Crippen LogP contribution in [0.5, 0.6) is 0 Å². The summed E-state index contributed by atoms with van der Waals surface area (Å²) < 4.78 is 33.0. The van der Waals surface area contributed by atoms with Gasteiger partial charge in [-0.3, -0.25) is 0 Å². The lowest BCUT2D eigenvalue weighted by Gasteiger charge is -2.31. The Bertz CT molecular complexity index is 981. The highest BCUT2D eigenvalue weighted by molar-refractivity contribution is 7.89. The molecule has 0 saturated carbocycles. The standard InChI is InChI=1S/C27H38N2O3S/c1-22-4-3-17-28(22)18-13-23-5-7-25(8-6-23)26-9-11-27(12-10-26)33(30,31)29-19-14-24(15-20-29)16-21-32-2/h5-12,22,24H,3-4,13-21H2,1-2H3/t22-/m1/s1. The summed E-state index contributed by atoms with van der Waals surface area (Å²) in [7, 11) is -1.72. The molecule has 0 bridgehead atoms. The van der Waals surface area contributed by atoms with E-state index in [1.807, 2.05) is 12.1 Å². The maximum absolute atomic E-state index is 13.1. The molecule has 6 heteroatoms. The van der Waals surface area contributed by atoms with Gasteiger partial charge in [0, 0.05) is 39.4 Å². The van der Waals surface area contributed by atoms with E-state index < -0.39 is 10.0 Å². The second-order valence-corrected chi connectivity index (χ2v) is 11.6. The van der Waals surface area contributed by atoms with Crippen LogP contribution in [0.3, 0.4) is 0 Å². The molecule has 2 fully saturated rings. The number of piperidine rings is 1. The van der Waals surface area contributed by atoms with Gasteiger partial charge in [-0.25, -0.2) is 8.42 Å². The molecule has 4 rings (SSSR count). The number of sulfonamides is 1. The fourth-order valence-corrected chi connectivity index (χ4v) is 6.62. The highest BCUT2D eigenvalue weighted by Crippen LogP contribution is 2.28. The van der Waals surface area contributed by atoms with Crippen LogP contribution < -0.4 is 0 Å². The number of hydrogen-bond acceptors (Lipinski definition) is 4. The van der Waals surface area contributed by atoms with Gasteiger partial charge in [-0.05, 0) is 86.7 Å². The van der Waals surface area contributed by atoms with E-state index in [4.69, 9.17) is 4.74 Å². The van der Waals surface area contributed by atoms with Crippen LogP contribution >= 0.6 is 0 Å². The zero-order valence-electron chi connectivity index (χ0n) is 20.1. The third-order valence-electron chi connectivity index (χ3n) is 7.46. The quantitative estimate of drug-likeness (QED) is 0.527. The summed E-state index contributed by atoms with van der Waals surface area (Å²) in [4.78, 5) is 2.97. The van der Waals surface area contributed by atoms with Gasteiger partial charge >= 0.3 is 0 Å². The molecule has 2 aromatic carbocycles. The Morgan fingerprint density at radius 2 is 1.55 bits per heavy atom. The minimum Gasteiger partial charge on any atom is -0.385 e. The molecule has 2 aromatic rings. The minimum atomic E-state index is -3.43.